The average Bonchev–Trinajstić information content (AvgIpc) is 2.81. The Morgan fingerprint density at radius 3 is 2.58 bits per heavy atom. The number of H-pyrrole nitrogens is 1. The topological polar surface area (TPSA) is 107 Å². The second-order valence-electron chi connectivity index (χ2n) is 4.74. The summed E-state index contributed by atoms with van der Waals surface area (Å²) in [5.74, 6) is -0.895. The number of carbonyl (C=O) groups is 2. The van der Waals surface area contributed by atoms with Crippen LogP contribution in [-0.4, -0.2) is 33.6 Å². The van der Waals surface area contributed by atoms with E-state index in [1.54, 1.807) is 19.3 Å². The molecule has 19 heavy (non-hydrogen) atoms. The van der Waals surface area contributed by atoms with Crippen LogP contribution in [0.3, 0.4) is 0 Å². The van der Waals surface area contributed by atoms with Crippen molar-refractivity contribution >= 4 is 12.0 Å². The molecule has 7 heteroatoms. The summed E-state index contributed by atoms with van der Waals surface area (Å²) in [6.07, 6.45) is 3.27. The lowest BCUT2D eigenvalue weighted by atomic mass is 9.96. The number of aliphatic carboxylic acids is 1. The molecule has 0 saturated carbocycles. The first kappa shape index (κ1) is 15.0. The van der Waals surface area contributed by atoms with Gasteiger partial charge in [0.15, 0.2) is 0 Å². The first-order chi connectivity index (χ1) is 8.91. The molecule has 2 amide bonds. The number of carbonyl (C=O) groups excluding carboxylic acids is 1. The molecule has 0 aliphatic heterocycles. The molecule has 0 aliphatic carbocycles. The summed E-state index contributed by atoms with van der Waals surface area (Å²) in [5.41, 5.74) is 0. The van der Waals surface area contributed by atoms with Gasteiger partial charge in [-0.2, -0.15) is 0 Å². The van der Waals surface area contributed by atoms with Crippen molar-refractivity contribution in [3.05, 3.63) is 18.2 Å². The van der Waals surface area contributed by atoms with Crippen LogP contribution in [0.25, 0.3) is 0 Å². The average molecular weight is 268 g/mol. The van der Waals surface area contributed by atoms with E-state index in [0.29, 0.717) is 5.82 Å². The monoisotopic (exact) mass is 268 g/mol. The first-order valence-electron chi connectivity index (χ1n) is 6.18. The Bertz CT molecular complexity index is 417. The number of rotatable bonds is 6. The largest absolute Gasteiger partial charge is 0.481 e. The van der Waals surface area contributed by atoms with Gasteiger partial charge in [0.2, 0.25) is 0 Å². The quantitative estimate of drug-likeness (QED) is 0.620. The number of hydrogen-bond acceptors (Lipinski definition) is 3. The van der Waals surface area contributed by atoms with E-state index in [2.05, 4.69) is 20.6 Å². The fourth-order valence-electron chi connectivity index (χ4n) is 1.64. The van der Waals surface area contributed by atoms with Crippen LogP contribution in [0, 0.1) is 11.8 Å². The molecular weight excluding hydrogens is 248 g/mol. The number of imidazole rings is 1. The minimum absolute atomic E-state index is 0.0414. The minimum atomic E-state index is -0.908. The Morgan fingerprint density at radius 2 is 2.11 bits per heavy atom. The van der Waals surface area contributed by atoms with Gasteiger partial charge in [0.05, 0.1) is 12.0 Å². The molecule has 0 spiro atoms. The van der Waals surface area contributed by atoms with Gasteiger partial charge in [-0.25, -0.2) is 9.78 Å². The number of nitrogens with one attached hydrogen (secondary N) is 3. The van der Waals surface area contributed by atoms with Crippen molar-refractivity contribution in [3.8, 4) is 0 Å². The third-order valence-electron chi connectivity index (χ3n) is 2.88. The highest BCUT2D eigenvalue weighted by Gasteiger charge is 2.22. The van der Waals surface area contributed by atoms with Crippen molar-refractivity contribution in [2.75, 3.05) is 6.54 Å². The second-order valence-corrected chi connectivity index (χ2v) is 4.74. The van der Waals surface area contributed by atoms with Gasteiger partial charge >= 0.3 is 12.0 Å². The number of carboxylic acid groups (broad SMARTS) is 1. The SMILES string of the molecule is CC(NC(=O)NCC(C(=O)O)C(C)C)c1ncc[nH]1. The fraction of sp³-hybridized carbons (Fsp3) is 0.583. The molecule has 106 valence electrons. The number of aromatic nitrogens is 2. The molecule has 0 radical (unpaired) electrons. The van der Waals surface area contributed by atoms with E-state index in [4.69, 9.17) is 5.11 Å². The Balaban J connectivity index is 2.41. The van der Waals surface area contributed by atoms with E-state index in [1.165, 1.54) is 0 Å². The van der Waals surface area contributed by atoms with Crippen LogP contribution < -0.4 is 10.6 Å². The van der Waals surface area contributed by atoms with Crippen molar-refractivity contribution in [2.24, 2.45) is 11.8 Å². The highest BCUT2D eigenvalue weighted by molar-refractivity contribution is 5.76. The molecule has 1 rings (SSSR count). The van der Waals surface area contributed by atoms with Crippen LogP contribution in [0.5, 0.6) is 0 Å². The number of nitrogens with zero attached hydrogens (tertiary/aromatic N) is 1. The van der Waals surface area contributed by atoms with Crippen LogP contribution in [0.2, 0.25) is 0 Å². The summed E-state index contributed by atoms with van der Waals surface area (Å²) in [7, 11) is 0. The molecule has 0 aliphatic rings. The van der Waals surface area contributed by atoms with Crippen LogP contribution in [-0.2, 0) is 4.79 Å². The molecule has 0 saturated heterocycles. The number of aromatic amines is 1. The number of hydrogen-bond donors (Lipinski definition) is 4. The zero-order chi connectivity index (χ0) is 14.4. The van der Waals surface area contributed by atoms with E-state index in [-0.39, 0.29) is 18.5 Å². The second kappa shape index (κ2) is 6.77. The molecule has 0 bridgehead atoms. The summed E-state index contributed by atoms with van der Waals surface area (Å²) in [4.78, 5) is 29.5. The van der Waals surface area contributed by atoms with Gasteiger partial charge in [-0.15, -0.1) is 0 Å². The maximum absolute atomic E-state index is 11.6. The third kappa shape index (κ3) is 4.61. The molecule has 2 atom stereocenters. The predicted molar refractivity (Wildman–Crippen MR) is 69.5 cm³/mol. The Morgan fingerprint density at radius 1 is 1.42 bits per heavy atom. The van der Waals surface area contributed by atoms with Gasteiger partial charge < -0.3 is 20.7 Å². The lowest BCUT2D eigenvalue weighted by Crippen LogP contribution is -2.42. The normalized spacial score (nSPS) is 13.9. The minimum Gasteiger partial charge on any atom is -0.481 e. The van der Waals surface area contributed by atoms with Crippen molar-refractivity contribution < 1.29 is 14.7 Å². The summed E-state index contributed by atoms with van der Waals surface area (Å²) in [5, 5.41) is 14.2. The summed E-state index contributed by atoms with van der Waals surface area (Å²) in [6.45, 7) is 5.51. The molecule has 1 aromatic rings. The first-order valence-corrected chi connectivity index (χ1v) is 6.18. The van der Waals surface area contributed by atoms with E-state index in [1.807, 2.05) is 13.8 Å². The van der Waals surface area contributed by atoms with Gasteiger partial charge in [0, 0.05) is 18.9 Å². The Kier molecular flexibility index (Phi) is 5.35. The zero-order valence-corrected chi connectivity index (χ0v) is 11.3. The molecule has 1 heterocycles. The van der Waals surface area contributed by atoms with E-state index in [9.17, 15) is 9.59 Å². The van der Waals surface area contributed by atoms with Crippen molar-refractivity contribution in [1.29, 1.82) is 0 Å². The number of urea groups is 1. The molecule has 4 N–H and O–H groups in total. The highest BCUT2D eigenvalue weighted by atomic mass is 16.4. The molecule has 1 aromatic heterocycles. The van der Waals surface area contributed by atoms with Crippen molar-refractivity contribution in [2.45, 2.75) is 26.8 Å². The zero-order valence-electron chi connectivity index (χ0n) is 11.3. The van der Waals surface area contributed by atoms with Crippen LogP contribution in [0.15, 0.2) is 12.4 Å². The summed E-state index contributed by atoms with van der Waals surface area (Å²) >= 11 is 0. The summed E-state index contributed by atoms with van der Waals surface area (Å²) in [6, 6.07) is -0.673. The van der Waals surface area contributed by atoms with Gasteiger partial charge in [-0.05, 0) is 12.8 Å². The van der Waals surface area contributed by atoms with E-state index < -0.39 is 17.9 Å². The number of amides is 2. The molecular formula is C12H20N4O3. The maximum Gasteiger partial charge on any atom is 0.315 e. The van der Waals surface area contributed by atoms with Gasteiger partial charge in [-0.1, -0.05) is 13.8 Å². The highest BCUT2D eigenvalue weighted by Crippen LogP contribution is 2.10. The van der Waals surface area contributed by atoms with E-state index in [0.717, 1.165) is 0 Å². The van der Waals surface area contributed by atoms with Crippen LogP contribution >= 0.6 is 0 Å². The number of carboxylic acids is 1. The van der Waals surface area contributed by atoms with Crippen LogP contribution in [0.1, 0.15) is 32.6 Å². The Hall–Kier alpha value is -2.05. The lowest BCUT2D eigenvalue weighted by Gasteiger charge is -2.18. The molecule has 7 nitrogen and oxygen atoms in total. The molecule has 2 unspecified atom stereocenters. The van der Waals surface area contributed by atoms with Crippen molar-refractivity contribution in [1.82, 2.24) is 20.6 Å². The third-order valence-corrected chi connectivity index (χ3v) is 2.88. The maximum atomic E-state index is 11.6. The van der Waals surface area contributed by atoms with Crippen LogP contribution in [0.4, 0.5) is 4.79 Å². The fourth-order valence-corrected chi connectivity index (χ4v) is 1.64. The lowest BCUT2D eigenvalue weighted by molar-refractivity contribution is -0.142. The van der Waals surface area contributed by atoms with Gasteiger partial charge in [0.1, 0.15) is 5.82 Å². The predicted octanol–water partition coefficient (Wildman–Crippen LogP) is 1.13. The smallest absolute Gasteiger partial charge is 0.315 e. The molecule has 0 aromatic carbocycles. The Labute approximate surface area is 111 Å². The summed E-state index contributed by atoms with van der Waals surface area (Å²) < 4.78 is 0. The van der Waals surface area contributed by atoms with Crippen molar-refractivity contribution in [3.63, 3.8) is 0 Å². The van der Waals surface area contributed by atoms with E-state index >= 15 is 0 Å². The molecule has 0 fully saturated rings. The van der Waals surface area contributed by atoms with Gasteiger partial charge in [0.25, 0.3) is 0 Å². The standard InChI is InChI=1S/C12H20N4O3/c1-7(2)9(11(17)18)6-15-12(19)16-8(3)10-13-4-5-14-10/h4-5,7-9H,6H2,1-3H3,(H,13,14)(H,17,18)(H2,15,16,19). The van der Waals surface area contributed by atoms with Gasteiger partial charge in [-0.3, -0.25) is 4.79 Å².